The van der Waals surface area contributed by atoms with E-state index < -0.39 is 0 Å². The van der Waals surface area contributed by atoms with Crippen molar-refractivity contribution in [3.05, 3.63) is 206 Å². The van der Waals surface area contributed by atoms with Gasteiger partial charge in [-0.15, -0.1) is 0 Å². The lowest BCUT2D eigenvalue weighted by atomic mass is 9.89. The fourth-order valence-electron chi connectivity index (χ4n) is 8.28. The van der Waals surface area contributed by atoms with Crippen LogP contribution in [0.1, 0.15) is 0 Å². The number of hydrogen-bond acceptors (Lipinski definition) is 3. The zero-order chi connectivity index (χ0) is 37.7. The molecule has 0 aliphatic carbocycles. The maximum atomic E-state index is 6.19. The maximum absolute atomic E-state index is 6.19. The van der Waals surface area contributed by atoms with Gasteiger partial charge < -0.3 is 4.42 Å². The van der Waals surface area contributed by atoms with Crippen LogP contribution in [0.15, 0.2) is 211 Å². The molecule has 2 heterocycles. The highest BCUT2D eigenvalue weighted by Crippen LogP contribution is 2.41. The van der Waals surface area contributed by atoms with Crippen LogP contribution >= 0.6 is 0 Å². The van der Waals surface area contributed by atoms with Crippen molar-refractivity contribution in [3.8, 4) is 67.5 Å². The first-order valence-electron chi connectivity index (χ1n) is 19.3. The second-order valence-electron chi connectivity index (χ2n) is 14.5. The van der Waals surface area contributed by atoms with E-state index in [1.165, 1.54) is 37.9 Å². The van der Waals surface area contributed by atoms with Crippen molar-refractivity contribution < 1.29 is 4.42 Å². The molecule has 3 heteroatoms. The van der Waals surface area contributed by atoms with Gasteiger partial charge in [-0.25, -0.2) is 9.97 Å². The fourth-order valence-corrected chi connectivity index (χ4v) is 8.28. The molecule has 9 aromatic carbocycles. The minimum absolute atomic E-state index is 0.673. The molecule has 0 fully saturated rings. The summed E-state index contributed by atoms with van der Waals surface area (Å²) in [5, 5.41) is 8.55. The van der Waals surface area contributed by atoms with E-state index in [2.05, 4.69) is 188 Å². The van der Waals surface area contributed by atoms with Crippen molar-refractivity contribution in [2.75, 3.05) is 0 Å². The number of benzene rings is 9. The van der Waals surface area contributed by atoms with Gasteiger partial charge in [-0.05, 0) is 78.8 Å². The van der Waals surface area contributed by atoms with Gasteiger partial charge in [0.05, 0.1) is 11.4 Å². The van der Waals surface area contributed by atoms with Gasteiger partial charge in [0.25, 0.3) is 0 Å². The van der Waals surface area contributed by atoms with Crippen molar-refractivity contribution >= 4 is 43.3 Å². The van der Waals surface area contributed by atoms with E-state index in [0.29, 0.717) is 5.82 Å². The lowest BCUT2D eigenvalue weighted by molar-refractivity contribution is 0.631. The minimum atomic E-state index is 0.673. The van der Waals surface area contributed by atoms with Crippen LogP contribution in [-0.4, -0.2) is 9.97 Å². The molecule has 0 saturated heterocycles. The molecule has 11 rings (SSSR count). The molecule has 11 aromatic rings. The number of nitrogens with zero attached hydrogens (tertiary/aromatic N) is 2. The molecule has 0 atom stereocenters. The van der Waals surface area contributed by atoms with Crippen LogP contribution < -0.4 is 0 Å². The summed E-state index contributed by atoms with van der Waals surface area (Å²) in [7, 11) is 0. The molecule has 266 valence electrons. The number of aromatic nitrogens is 2. The van der Waals surface area contributed by atoms with Gasteiger partial charge in [0.2, 0.25) is 0 Å². The van der Waals surface area contributed by atoms with Crippen molar-refractivity contribution in [1.82, 2.24) is 9.97 Å². The van der Waals surface area contributed by atoms with E-state index in [1.807, 2.05) is 18.2 Å². The summed E-state index contributed by atoms with van der Waals surface area (Å²) < 4.78 is 6.19. The molecular formula is C54H34N2O. The Morgan fingerprint density at radius 2 is 0.930 bits per heavy atom. The zero-order valence-corrected chi connectivity index (χ0v) is 30.9. The molecule has 0 aliphatic rings. The first-order valence-corrected chi connectivity index (χ1v) is 19.3. The van der Waals surface area contributed by atoms with Crippen molar-refractivity contribution in [1.29, 1.82) is 0 Å². The summed E-state index contributed by atoms with van der Waals surface area (Å²) >= 11 is 0. The zero-order valence-electron chi connectivity index (χ0n) is 30.9. The van der Waals surface area contributed by atoms with Crippen molar-refractivity contribution in [2.24, 2.45) is 0 Å². The van der Waals surface area contributed by atoms with Gasteiger partial charge in [-0.2, -0.15) is 0 Å². The summed E-state index contributed by atoms with van der Waals surface area (Å²) in [5.74, 6) is 1.52. The van der Waals surface area contributed by atoms with Gasteiger partial charge in [0.15, 0.2) is 5.82 Å². The summed E-state index contributed by atoms with van der Waals surface area (Å²) in [6.45, 7) is 0. The Labute approximate surface area is 330 Å². The predicted molar refractivity (Wildman–Crippen MR) is 237 cm³/mol. The Morgan fingerprint density at radius 3 is 1.74 bits per heavy atom. The van der Waals surface area contributed by atoms with E-state index in [-0.39, 0.29) is 0 Å². The lowest BCUT2D eigenvalue weighted by Crippen LogP contribution is -1.97. The van der Waals surface area contributed by atoms with Gasteiger partial charge in [0, 0.05) is 27.6 Å². The molecule has 0 amide bonds. The third-order valence-corrected chi connectivity index (χ3v) is 11.1. The summed E-state index contributed by atoms with van der Waals surface area (Å²) in [6.07, 6.45) is 0. The Bertz CT molecular complexity index is 3240. The number of fused-ring (bicyclic) bond motifs is 5. The Balaban J connectivity index is 1.05. The maximum Gasteiger partial charge on any atom is 0.160 e. The highest BCUT2D eigenvalue weighted by atomic mass is 16.3. The van der Waals surface area contributed by atoms with E-state index >= 15 is 0 Å². The Kier molecular flexibility index (Phi) is 7.82. The average molecular weight is 727 g/mol. The third-order valence-electron chi connectivity index (χ3n) is 11.1. The standard InChI is InChI=1S/C54H34N2O/c1-2-12-35(13-3-1)43-17-9-10-20-46(43)50-34-49(37-22-24-38(25-23-37)52-33-42-16-6-11-21-51(42)57-52)55-54(56-50)40-28-26-39(27-29-40)53-45-19-8-5-15-41(45)32-48-44-18-7-4-14-36(44)30-31-47(48)53/h1-34H. The van der Waals surface area contributed by atoms with Crippen LogP contribution in [0.4, 0.5) is 0 Å². The van der Waals surface area contributed by atoms with E-state index in [4.69, 9.17) is 14.4 Å². The smallest absolute Gasteiger partial charge is 0.160 e. The molecule has 3 nitrogen and oxygen atoms in total. The minimum Gasteiger partial charge on any atom is -0.456 e. The van der Waals surface area contributed by atoms with Crippen molar-refractivity contribution in [3.63, 3.8) is 0 Å². The summed E-state index contributed by atoms with van der Waals surface area (Å²) in [6, 6.07) is 72.8. The number of hydrogen-bond donors (Lipinski definition) is 0. The fraction of sp³-hybridized carbons (Fsp3) is 0. The second-order valence-corrected chi connectivity index (χ2v) is 14.5. The molecule has 2 aromatic heterocycles. The SMILES string of the molecule is c1ccc(-c2ccccc2-c2cc(-c3ccc(-c4cc5ccccc5o4)cc3)nc(-c3ccc(-c4c5ccccc5cc5c4ccc4ccccc45)cc3)n2)cc1. The van der Waals surface area contributed by atoms with Crippen LogP contribution in [0.2, 0.25) is 0 Å². The second kappa shape index (κ2) is 13.6. The molecular weight excluding hydrogens is 693 g/mol. The van der Waals surface area contributed by atoms with E-state index in [9.17, 15) is 0 Å². The summed E-state index contributed by atoms with van der Waals surface area (Å²) in [5.41, 5.74) is 11.3. The Hall–Kier alpha value is -7.62. The number of furan rings is 1. The molecule has 0 bridgehead atoms. The molecule has 0 aliphatic heterocycles. The number of para-hydroxylation sites is 1. The van der Waals surface area contributed by atoms with Crippen LogP contribution in [0.3, 0.4) is 0 Å². The third kappa shape index (κ3) is 5.85. The highest BCUT2D eigenvalue weighted by molar-refractivity contribution is 6.20. The lowest BCUT2D eigenvalue weighted by Gasteiger charge is -2.15. The Morgan fingerprint density at radius 1 is 0.316 bits per heavy atom. The van der Waals surface area contributed by atoms with Gasteiger partial charge in [0.1, 0.15) is 11.3 Å². The molecule has 57 heavy (non-hydrogen) atoms. The first kappa shape index (κ1) is 32.8. The van der Waals surface area contributed by atoms with Crippen LogP contribution in [0, 0.1) is 0 Å². The highest BCUT2D eigenvalue weighted by Gasteiger charge is 2.17. The molecule has 0 radical (unpaired) electrons. The van der Waals surface area contributed by atoms with Crippen molar-refractivity contribution in [2.45, 2.75) is 0 Å². The monoisotopic (exact) mass is 726 g/mol. The topological polar surface area (TPSA) is 38.9 Å². The van der Waals surface area contributed by atoms with Gasteiger partial charge in [-0.1, -0.05) is 182 Å². The first-order chi connectivity index (χ1) is 28.2. The summed E-state index contributed by atoms with van der Waals surface area (Å²) in [4.78, 5) is 10.5. The predicted octanol–water partition coefficient (Wildman–Crippen LogP) is 14.7. The molecule has 0 N–H and O–H groups in total. The van der Waals surface area contributed by atoms with Crippen LogP contribution in [0.5, 0.6) is 0 Å². The molecule has 0 saturated carbocycles. The molecule has 0 spiro atoms. The van der Waals surface area contributed by atoms with Crippen LogP contribution in [-0.2, 0) is 0 Å². The quantitative estimate of drug-likeness (QED) is 0.126. The van der Waals surface area contributed by atoms with Crippen LogP contribution in [0.25, 0.3) is 111 Å². The van der Waals surface area contributed by atoms with Gasteiger partial charge in [-0.3, -0.25) is 0 Å². The van der Waals surface area contributed by atoms with Gasteiger partial charge >= 0.3 is 0 Å². The largest absolute Gasteiger partial charge is 0.456 e. The normalized spacial score (nSPS) is 11.5. The number of rotatable bonds is 6. The molecule has 0 unspecified atom stereocenters. The average Bonchev–Trinajstić information content (AvgIpc) is 3.73. The van der Waals surface area contributed by atoms with E-state index in [1.54, 1.807) is 0 Å². The van der Waals surface area contributed by atoms with E-state index in [0.717, 1.165) is 67.1 Å².